The van der Waals surface area contributed by atoms with E-state index < -0.39 is 119 Å². The number of aliphatic hydroxyl groups is 2. The van der Waals surface area contributed by atoms with Gasteiger partial charge in [-0.15, -0.1) is 0 Å². The Morgan fingerprint density at radius 2 is 1.42 bits per heavy atom. The van der Waals surface area contributed by atoms with Crippen LogP contribution in [0.1, 0.15) is 86.7 Å². The topological polar surface area (TPSA) is 201 Å². The summed E-state index contributed by atoms with van der Waals surface area (Å²) in [6, 6.07) is 22.7. The first-order chi connectivity index (χ1) is 29.3. The summed E-state index contributed by atoms with van der Waals surface area (Å²) < 4.78 is 47.2. The fourth-order valence-corrected chi connectivity index (χ4v) is 10.1. The molecule has 3 aromatic rings. The molecule has 62 heavy (non-hydrogen) atoms. The van der Waals surface area contributed by atoms with E-state index in [2.05, 4.69) is 5.32 Å². The molecule has 11 atom stereocenters. The first kappa shape index (κ1) is 44.3. The van der Waals surface area contributed by atoms with Crippen molar-refractivity contribution < 1.29 is 67.1 Å². The van der Waals surface area contributed by atoms with E-state index in [9.17, 15) is 34.2 Å². The van der Waals surface area contributed by atoms with E-state index in [0.29, 0.717) is 5.56 Å². The van der Waals surface area contributed by atoms with Crippen LogP contribution in [-0.4, -0.2) is 100 Å². The van der Waals surface area contributed by atoms with Gasteiger partial charge in [-0.2, -0.15) is 0 Å². The third-order valence-corrected chi connectivity index (χ3v) is 13.4. The molecule has 1 unspecified atom stereocenters. The number of carbonyl (C=O) groups excluding carboxylic acids is 6. The number of alkyl halides is 1. The van der Waals surface area contributed by atoms with Crippen LogP contribution in [0.2, 0.25) is 0 Å². The molecule has 0 radical (unpaired) electrons. The maximum Gasteiger partial charge on any atom is 0.338 e. The van der Waals surface area contributed by atoms with Crippen molar-refractivity contribution >= 4 is 35.6 Å². The zero-order valence-electron chi connectivity index (χ0n) is 35.2. The molecule has 3 N–H and O–H groups in total. The summed E-state index contributed by atoms with van der Waals surface area (Å²) in [7, 11) is 0. The van der Waals surface area contributed by atoms with Crippen molar-refractivity contribution in [1.82, 2.24) is 5.32 Å². The van der Waals surface area contributed by atoms with Crippen molar-refractivity contribution in [1.29, 1.82) is 0 Å². The lowest BCUT2D eigenvalue weighted by Gasteiger charge is -2.67. The maximum atomic E-state index is 17.2. The summed E-state index contributed by atoms with van der Waals surface area (Å²) in [4.78, 5) is 83.3. The molecule has 2 saturated carbocycles. The molecule has 1 heterocycles. The number of esters is 4. The van der Waals surface area contributed by atoms with Crippen LogP contribution in [0, 0.1) is 16.7 Å². The number of aliphatic hydroxyl groups excluding tert-OH is 1. The lowest BCUT2D eigenvalue weighted by atomic mass is 9.45. The van der Waals surface area contributed by atoms with Gasteiger partial charge in [0.1, 0.15) is 30.1 Å². The van der Waals surface area contributed by atoms with Gasteiger partial charge < -0.3 is 39.2 Å². The van der Waals surface area contributed by atoms with Crippen LogP contribution in [0.15, 0.2) is 102 Å². The van der Waals surface area contributed by atoms with Crippen LogP contribution in [0.5, 0.6) is 0 Å². The quantitative estimate of drug-likeness (QED) is 0.144. The first-order valence-corrected chi connectivity index (χ1v) is 20.4. The van der Waals surface area contributed by atoms with Crippen LogP contribution < -0.4 is 5.32 Å². The fraction of sp³-hybridized carbons (Fsp3) is 0.447. The Morgan fingerprint density at radius 1 is 0.839 bits per heavy atom. The highest BCUT2D eigenvalue weighted by atomic mass is 19.1. The first-order valence-electron chi connectivity index (χ1n) is 20.4. The minimum absolute atomic E-state index is 0.0377. The second-order valence-electron chi connectivity index (χ2n) is 17.3. The zero-order valence-corrected chi connectivity index (χ0v) is 35.2. The molecule has 3 aliphatic carbocycles. The summed E-state index contributed by atoms with van der Waals surface area (Å²) in [5.74, 6) is -7.24. The predicted octanol–water partition coefficient (Wildman–Crippen LogP) is 4.71. The van der Waals surface area contributed by atoms with Crippen LogP contribution in [0.4, 0.5) is 4.39 Å². The minimum atomic E-state index is -2.45. The van der Waals surface area contributed by atoms with Crippen molar-refractivity contribution in [3.63, 3.8) is 0 Å². The number of ketones is 1. The van der Waals surface area contributed by atoms with E-state index in [-0.39, 0.29) is 28.9 Å². The number of ether oxygens (including phenoxy) is 5. The molecule has 1 aliphatic heterocycles. The third kappa shape index (κ3) is 7.29. The van der Waals surface area contributed by atoms with Gasteiger partial charge >= 0.3 is 23.9 Å². The third-order valence-electron chi connectivity index (χ3n) is 13.4. The monoisotopic (exact) mass is 855 g/mol. The number of nitrogens with one attached hydrogen (secondary N) is 1. The minimum Gasteiger partial charge on any atom is -0.456 e. The summed E-state index contributed by atoms with van der Waals surface area (Å²) in [5.41, 5.74) is -7.57. The van der Waals surface area contributed by atoms with Gasteiger partial charge in [-0.1, -0.05) is 80.6 Å². The van der Waals surface area contributed by atoms with Gasteiger partial charge in [0, 0.05) is 37.7 Å². The molecular weight excluding hydrogens is 806 g/mol. The Bertz CT molecular complexity index is 2290. The van der Waals surface area contributed by atoms with Crippen molar-refractivity contribution in [3.8, 4) is 0 Å². The lowest BCUT2D eigenvalue weighted by molar-refractivity contribution is -0.341. The molecule has 2 bridgehead atoms. The van der Waals surface area contributed by atoms with Crippen molar-refractivity contribution in [2.45, 2.75) is 108 Å². The number of hydrogen-bond acceptors (Lipinski definition) is 13. The highest BCUT2D eigenvalue weighted by Gasteiger charge is 2.78. The van der Waals surface area contributed by atoms with Crippen molar-refractivity contribution in [2.75, 3.05) is 6.61 Å². The second-order valence-corrected chi connectivity index (χ2v) is 17.3. The van der Waals surface area contributed by atoms with E-state index in [0.717, 1.165) is 13.8 Å². The maximum absolute atomic E-state index is 17.2. The average Bonchev–Trinajstić information content (AvgIpc) is 3.24. The molecule has 7 rings (SSSR count). The molecule has 3 aromatic carbocycles. The van der Waals surface area contributed by atoms with E-state index >= 15 is 9.18 Å². The zero-order chi connectivity index (χ0) is 44.9. The Labute approximate surface area is 357 Å². The van der Waals surface area contributed by atoms with Gasteiger partial charge in [0.05, 0.1) is 29.5 Å². The van der Waals surface area contributed by atoms with Gasteiger partial charge in [-0.05, 0) is 54.8 Å². The fourth-order valence-electron chi connectivity index (χ4n) is 10.1. The second kappa shape index (κ2) is 16.5. The van der Waals surface area contributed by atoms with E-state index in [1.165, 1.54) is 39.8 Å². The number of amides is 1. The number of halogens is 1. The number of fused-ring (bicyclic) bond motifs is 5. The lowest BCUT2D eigenvalue weighted by Crippen LogP contribution is -2.81. The number of Topliss-reactive ketones (excluding diaryl/α,β-unsaturated/α-hetero) is 1. The van der Waals surface area contributed by atoms with Crippen LogP contribution >= 0.6 is 0 Å². The van der Waals surface area contributed by atoms with Crippen LogP contribution in [0.25, 0.3) is 0 Å². The van der Waals surface area contributed by atoms with Crippen LogP contribution in [-0.2, 0) is 42.9 Å². The van der Waals surface area contributed by atoms with Gasteiger partial charge in [-0.3, -0.25) is 19.2 Å². The predicted molar refractivity (Wildman–Crippen MR) is 217 cm³/mol. The normalized spacial score (nSPS) is 31.9. The highest BCUT2D eigenvalue weighted by molar-refractivity contribution is 5.96. The Hall–Kier alpha value is -5.77. The molecule has 15 heteroatoms. The van der Waals surface area contributed by atoms with E-state index in [1.807, 2.05) is 0 Å². The van der Waals surface area contributed by atoms with Gasteiger partial charge in [0.15, 0.2) is 23.6 Å². The average molecular weight is 856 g/mol. The highest BCUT2D eigenvalue weighted by Crippen LogP contribution is 2.65. The molecule has 0 aromatic heterocycles. The molecule has 0 spiro atoms. The Morgan fingerprint density at radius 3 is 1.97 bits per heavy atom. The molecule has 1 amide bonds. The molecule has 328 valence electrons. The molecule has 4 aliphatic rings. The number of hydrogen-bond donors (Lipinski definition) is 3. The molecular formula is C47H50FNO13. The number of benzene rings is 3. The van der Waals surface area contributed by atoms with Crippen molar-refractivity contribution in [2.24, 2.45) is 16.7 Å². The standard InChI is InChI=1S/C47H50FNO13/c1-25-31(60-43(56)36(52)35(28-16-10-7-11-17-28)49-41(54)29-18-12-8-13-19-29)23-47(57)40(61-42(55)30-20-14-9-15-21-30)38-45(6,32(48)22-33-46(38,24-58-33)62-27(3)51)39(53)37(59-26(2)50)34(25)44(47,4)5/h7-21,31-33,35-38,40,52,57H,22-24H2,1-6H3,(H,49,54)/t31-,32+,33+,35-,36+,37+,38?,40-,45+,46-,47+/m0/s1. The van der Waals surface area contributed by atoms with Gasteiger partial charge in [-0.25, -0.2) is 14.0 Å². The summed E-state index contributed by atoms with van der Waals surface area (Å²) in [5, 5.41) is 28.1. The number of carbonyl (C=O) groups is 6. The smallest absolute Gasteiger partial charge is 0.338 e. The van der Waals surface area contributed by atoms with E-state index in [1.54, 1.807) is 78.9 Å². The molecule has 1 saturated heterocycles. The number of rotatable bonds is 10. The summed E-state index contributed by atoms with van der Waals surface area (Å²) in [6.45, 7) is 7.64. The summed E-state index contributed by atoms with van der Waals surface area (Å²) >= 11 is 0. The van der Waals surface area contributed by atoms with Gasteiger partial charge in [0.2, 0.25) is 0 Å². The molecule has 3 fully saturated rings. The summed E-state index contributed by atoms with van der Waals surface area (Å²) in [6.07, 6.45) is -11.6. The Balaban J connectivity index is 1.39. The van der Waals surface area contributed by atoms with Gasteiger partial charge in [0.25, 0.3) is 5.91 Å². The molecule has 14 nitrogen and oxygen atoms in total. The van der Waals surface area contributed by atoms with Crippen LogP contribution in [0.3, 0.4) is 0 Å². The largest absolute Gasteiger partial charge is 0.456 e. The van der Waals surface area contributed by atoms with E-state index in [4.69, 9.17) is 23.7 Å². The SMILES string of the molecule is CC(=O)O[C@H]1C(=O)[C@@]2(C)C([C@H](OC(=O)c3ccccc3)[C@]3(O)C[C@H](OC(=O)[C@H](O)[C@@H](NC(=O)c4ccccc4)c4ccccc4)C(C)=C1C3(C)C)[C@]1(OC(C)=O)CO[C@@H]1C[C@H]2F. The van der Waals surface area contributed by atoms with Crippen molar-refractivity contribution in [3.05, 3.63) is 119 Å². The Kier molecular flexibility index (Phi) is 11.8.